The van der Waals surface area contributed by atoms with E-state index in [1.807, 2.05) is 0 Å². The van der Waals surface area contributed by atoms with Crippen molar-refractivity contribution in [3.63, 3.8) is 0 Å². The van der Waals surface area contributed by atoms with Crippen molar-refractivity contribution in [2.24, 2.45) is 0 Å². The molecule has 0 saturated carbocycles. The average Bonchev–Trinajstić information content (AvgIpc) is 3.01. The first-order chi connectivity index (χ1) is 19.7. The molecule has 0 aliphatic rings. The first-order valence-corrected chi connectivity index (χ1v) is 12.6. The van der Waals surface area contributed by atoms with Gasteiger partial charge >= 0.3 is 0 Å². The Bertz CT molecular complexity index is 775. The molecule has 21 nitrogen and oxygen atoms in total. The van der Waals surface area contributed by atoms with Gasteiger partial charge in [0, 0.05) is 19.6 Å². The van der Waals surface area contributed by atoms with Crippen molar-refractivity contribution in [1.82, 2.24) is 15.0 Å². The first-order valence-electron chi connectivity index (χ1n) is 12.6. The highest BCUT2D eigenvalue weighted by Crippen LogP contribution is 2.14. The fraction of sp³-hybridized carbons (Fsp3) is 0.857. The number of aliphatic hydroxyl groups is 15. The van der Waals surface area contributed by atoms with E-state index in [0.717, 1.165) is 0 Å². The van der Waals surface area contributed by atoms with Crippen molar-refractivity contribution in [3.05, 3.63) is 0 Å². The maximum absolute atomic E-state index is 10.1. The van der Waals surface area contributed by atoms with Gasteiger partial charge in [-0.1, -0.05) is 0 Å². The van der Waals surface area contributed by atoms with Gasteiger partial charge in [0.2, 0.25) is 17.8 Å². The van der Waals surface area contributed by atoms with Crippen LogP contribution in [0.3, 0.4) is 0 Å². The van der Waals surface area contributed by atoms with Crippen LogP contribution in [0.15, 0.2) is 0 Å². The van der Waals surface area contributed by atoms with E-state index in [0.29, 0.717) is 0 Å². The van der Waals surface area contributed by atoms with Crippen LogP contribution in [0.1, 0.15) is 0 Å². The van der Waals surface area contributed by atoms with Crippen LogP contribution in [0.2, 0.25) is 0 Å². The Morgan fingerprint density at radius 2 is 0.548 bits per heavy atom. The lowest BCUT2D eigenvalue weighted by atomic mass is 10.0. The summed E-state index contributed by atoms with van der Waals surface area (Å²) >= 11 is 0. The molecular weight excluding hydrogens is 576 g/mol. The van der Waals surface area contributed by atoms with Crippen molar-refractivity contribution in [3.8, 4) is 0 Å². The Hall–Kier alpha value is -2.19. The second-order valence-corrected chi connectivity index (χ2v) is 9.34. The Morgan fingerprint density at radius 3 is 0.738 bits per heavy atom. The van der Waals surface area contributed by atoms with Gasteiger partial charge < -0.3 is 92.5 Å². The third-order valence-corrected chi connectivity index (χ3v) is 6.02. The maximum Gasteiger partial charge on any atom is 0.229 e. The Labute approximate surface area is 238 Å². The topological polar surface area (TPSA) is 378 Å². The summed E-state index contributed by atoms with van der Waals surface area (Å²) in [4.78, 5) is 11.8. The zero-order chi connectivity index (χ0) is 32.1. The molecule has 12 atom stereocenters. The molecule has 0 saturated heterocycles. The Kier molecular flexibility index (Phi) is 16.6. The van der Waals surface area contributed by atoms with Crippen LogP contribution in [-0.4, -0.2) is 204 Å². The smallest absolute Gasteiger partial charge is 0.229 e. The van der Waals surface area contributed by atoms with Gasteiger partial charge in [0.25, 0.3) is 0 Å². The summed E-state index contributed by atoms with van der Waals surface area (Å²) in [5.41, 5.74) is 0. The molecule has 1 aromatic heterocycles. The van der Waals surface area contributed by atoms with E-state index in [9.17, 15) is 61.3 Å². The van der Waals surface area contributed by atoms with Crippen LogP contribution in [0.5, 0.6) is 0 Å². The largest absolute Gasteiger partial charge is 0.394 e. The normalized spacial score (nSPS) is 20.6. The van der Waals surface area contributed by atoms with Gasteiger partial charge in [-0.3, -0.25) is 0 Å². The van der Waals surface area contributed by atoms with Gasteiger partial charge in [0.15, 0.2) is 0 Å². The monoisotopic (exact) mass is 618 g/mol. The molecule has 0 fully saturated rings. The van der Waals surface area contributed by atoms with E-state index in [1.165, 1.54) is 0 Å². The maximum atomic E-state index is 10.1. The van der Waals surface area contributed by atoms with Crippen molar-refractivity contribution in [2.75, 3.05) is 55.4 Å². The van der Waals surface area contributed by atoms with Crippen LogP contribution in [0.4, 0.5) is 17.8 Å². The van der Waals surface area contributed by atoms with E-state index < -0.39 is 113 Å². The van der Waals surface area contributed by atoms with Gasteiger partial charge in [-0.25, -0.2) is 0 Å². The molecule has 1 aromatic rings. The predicted octanol–water partition coefficient (Wildman–Crippen LogP) is -9.59. The van der Waals surface area contributed by atoms with Gasteiger partial charge in [-0.15, -0.1) is 0 Å². The number of anilines is 3. The van der Waals surface area contributed by atoms with Gasteiger partial charge in [-0.05, 0) is 0 Å². The number of rotatable bonds is 21. The van der Waals surface area contributed by atoms with E-state index in [1.54, 1.807) is 0 Å². The van der Waals surface area contributed by atoms with Crippen LogP contribution in [0.25, 0.3) is 0 Å². The van der Waals surface area contributed by atoms with E-state index in [2.05, 4.69) is 30.9 Å². The highest BCUT2D eigenvalue weighted by atomic mass is 16.4. The quantitative estimate of drug-likeness (QED) is 0.0607. The number of nitrogens with zero attached hydrogens (tertiary/aromatic N) is 3. The predicted molar refractivity (Wildman–Crippen MR) is 139 cm³/mol. The second kappa shape index (κ2) is 18.5. The molecule has 0 aliphatic carbocycles. The third kappa shape index (κ3) is 11.5. The van der Waals surface area contributed by atoms with Crippen molar-refractivity contribution in [2.45, 2.75) is 73.2 Å². The standard InChI is InChI=1S/C21H42N6O15/c28-4-10(34)16(40)13(37)7(31)1-22-19-25-20(23-2-8(32)14(38)17(41)11(35)5-29)27-21(26-19)24-3-9(33)15(39)18(42)12(36)6-30/h7-18,28-42H,1-6H2,(H3,22,23,24,25,26,27)/t7-,8-,9-,10+,11+,12+,13+,14+,15+,16+,17+,18+/m0/s1. The lowest BCUT2D eigenvalue weighted by Gasteiger charge is -2.26. The fourth-order valence-electron chi connectivity index (χ4n) is 3.25. The highest BCUT2D eigenvalue weighted by molar-refractivity contribution is 5.42. The molecule has 0 aromatic carbocycles. The molecule has 246 valence electrons. The molecule has 1 heterocycles. The van der Waals surface area contributed by atoms with Crippen LogP contribution in [0, 0.1) is 0 Å². The van der Waals surface area contributed by atoms with E-state index in [4.69, 9.17) is 15.3 Å². The minimum Gasteiger partial charge on any atom is -0.394 e. The summed E-state index contributed by atoms with van der Waals surface area (Å²) < 4.78 is 0. The van der Waals surface area contributed by atoms with Crippen molar-refractivity contribution >= 4 is 17.8 Å². The summed E-state index contributed by atoms with van der Waals surface area (Å²) in [7, 11) is 0. The molecule has 42 heavy (non-hydrogen) atoms. The van der Waals surface area contributed by atoms with Crippen LogP contribution >= 0.6 is 0 Å². The number of aliphatic hydroxyl groups excluding tert-OH is 15. The highest BCUT2D eigenvalue weighted by Gasteiger charge is 2.32. The van der Waals surface area contributed by atoms with Crippen molar-refractivity contribution < 1.29 is 76.6 Å². The lowest BCUT2D eigenvalue weighted by molar-refractivity contribution is -0.111. The van der Waals surface area contributed by atoms with E-state index >= 15 is 0 Å². The molecule has 1 rings (SSSR count). The second-order valence-electron chi connectivity index (χ2n) is 9.34. The van der Waals surface area contributed by atoms with Crippen molar-refractivity contribution in [1.29, 1.82) is 0 Å². The summed E-state index contributed by atoms with van der Waals surface area (Å²) in [6.07, 6.45) is -22.0. The fourth-order valence-corrected chi connectivity index (χ4v) is 3.25. The molecule has 0 spiro atoms. The number of aromatic nitrogens is 3. The summed E-state index contributed by atoms with van der Waals surface area (Å²) in [6, 6.07) is 0. The van der Waals surface area contributed by atoms with Crippen LogP contribution < -0.4 is 16.0 Å². The summed E-state index contributed by atoms with van der Waals surface area (Å²) in [6.45, 7) is -4.33. The molecule has 0 aliphatic heterocycles. The first kappa shape index (κ1) is 37.8. The zero-order valence-corrected chi connectivity index (χ0v) is 22.2. The molecule has 0 amide bonds. The van der Waals surface area contributed by atoms with Crippen LogP contribution in [-0.2, 0) is 0 Å². The Morgan fingerprint density at radius 1 is 0.357 bits per heavy atom. The van der Waals surface area contributed by atoms with Gasteiger partial charge in [0.1, 0.15) is 54.9 Å². The summed E-state index contributed by atoms with van der Waals surface area (Å²) in [5.74, 6) is -1.01. The molecular formula is C21H42N6O15. The SMILES string of the molecule is OC[C@@H](O)[C@@H](O)[C@H](O)[C@@H](O)CNc1nc(NC[C@H](O)[C@@H](O)[C@H](O)[C@H](O)CO)nc(NC[C@H](O)[C@@H](O)[C@H](O)[C@H](O)CO)n1. The van der Waals surface area contributed by atoms with Gasteiger partial charge in [0.05, 0.1) is 38.1 Å². The third-order valence-electron chi connectivity index (χ3n) is 6.02. The average molecular weight is 619 g/mol. The molecule has 21 heteroatoms. The summed E-state index contributed by atoms with van der Waals surface area (Å²) in [5, 5.41) is 152. The van der Waals surface area contributed by atoms with Gasteiger partial charge in [-0.2, -0.15) is 15.0 Å². The number of hydrogen-bond acceptors (Lipinski definition) is 21. The minimum absolute atomic E-state index is 0.338. The Balaban J connectivity index is 3.06. The molecule has 18 N–H and O–H groups in total. The molecule has 0 bridgehead atoms. The molecule has 0 radical (unpaired) electrons. The molecule has 0 unspecified atom stereocenters. The lowest BCUT2D eigenvalue weighted by Crippen LogP contribution is -2.48. The van der Waals surface area contributed by atoms with E-state index in [-0.39, 0.29) is 17.8 Å². The minimum atomic E-state index is -1.92. The zero-order valence-electron chi connectivity index (χ0n) is 22.2. The number of nitrogens with one attached hydrogen (secondary N) is 3. The number of hydrogen-bond donors (Lipinski definition) is 18.